The zero-order chi connectivity index (χ0) is 18.0. The van der Waals surface area contributed by atoms with Crippen molar-refractivity contribution < 1.29 is 19.1 Å². The number of hydrogen-bond donors (Lipinski definition) is 1. The number of aliphatic carboxylic acids is 1. The van der Waals surface area contributed by atoms with Gasteiger partial charge < -0.3 is 10.0 Å². The van der Waals surface area contributed by atoms with Crippen LogP contribution < -0.4 is 0 Å². The standard InChI is InChI=1S/C20H20FNO3/c1-13(14-6-8-16(21)9-7-14)12-18(23)22-11-10-15-4-2-3-5-17(15)19(22)20(24)25/h2-9,13,19H,10-12H2,1H3,(H,24,25). The Balaban J connectivity index is 1.79. The molecule has 0 saturated carbocycles. The highest BCUT2D eigenvalue weighted by atomic mass is 19.1. The van der Waals surface area contributed by atoms with E-state index in [1.54, 1.807) is 24.3 Å². The van der Waals surface area contributed by atoms with Crippen LogP contribution in [0.3, 0.4) is 0 Å². The number of carboxylic acid groups (broad SMARTS) is 1. The molecule has 2 unspecified atom stereocenters. The van der Waals surface area contributed by atoms with Gasteiger partial charge in [-0.1, -0.05) is 43.3 Å². The van der Waals surface area contributed by atoms with Crippen molar-refractivity contribution in [1.29, 1.82) is 0 Å². The molecule has 0 aromatic heterocycles. The number of carbonyl (C=O) groups is 2. The van der Waals surface area contributed by atoms with E-state index in [9.17, 15) is 19.1 Å². The lowest BCUT2D eigenvalue weighted by atomic mass is 9.91. The molecule has 0 aliphatic carbocycles. The maximum Gasteiger partial charge on any atom is 0.331 e. The molecule has 2 aromatic rings. The molecule has 4 nitrogen and oxygen atoms in total. The lowest BCUT2D eigenvalue weighted by Crippen LogP contribution is -2.43. The van der Waals surface area contributed by atoms with Crippen LogP contribution in [0, 0.1) is 5.82 Å². The van der Waals surface area contributed by atoms with Gasteiger partial charge in [0.25, 0.3) is 0 Å². The van der Waals surface area contributed by atoms with Crippen molar-refractivity contribution >= 4 is 11.9 Å². The van der Waals surface area contributed by atoms with E-state index in [-0.39, 0.29) is 24.1 Å². The molecule has 2 atom stereocenters. The minimum Gasteiger partial charge on any atom is -0.479 e. The smallest absolute Gasteiger partial charge is 0.331 e. The fraction of sp³-hybridized carbons (Fsp3) is 0.300. The highest BCUT2D eigenvalue weighted by molar-refractivity contribution is 5.86. The van der Waals surface area contributed by atoms with Gasteiger partial charge in [0.05, 0.1) is 0 Å². The number of fused-ring (bicyclic) bond motifs is 1. The molecule has 1 aliphatic rings. The van der Waals surface area contributed by atoms with Crippen molar-refractivity contribution in [2.24, 2.45) is 0 Å². The Bertz CT molecular complexity index is 788. The Labute approximate surface area is 145 Å². The van der Waals surface area contributed by atoms with Crippen LogP contribution in [0.4, 0.5) is 4.39 Å². The summed E-state index contributed by atoms with van der Waals surface area (Å²) >= 11 is 0. The van der Waals surface area contributed by atoms with Crippen molar-refractivity contribution in [3.05, 3.63) is 71.0 Å². The van der Waals surface area contributed by atoms with Gasteiger partial charge in [-0.05, 0) is 41.2 Å². The average molecular weight is 341 g/mol. The van der Waals surface area contributed by atoms with Crippen molar-refractivity contribution in [3.63, 3.8) is 0 Å². The molecule has 1 amide bonds. The highest BCUT2D eigenvalue weighted by Gasteiger charge is 2.35. The van der Waals surface area contributed by atoms with Crippen molar-refractivity contribution in [2.45, 2.75) is 31.7 Å². The molecule has 0 saturated heterocycles. The Kier molecular flexibility index (Phi) is 4.83. The second-order valence-electron chi connectivity index (χ2n) is 6.43. The molecule has 1 heterocycles. The largest absolute Gasteiger partial charge is 0.479 e. The first-order valence-electron chi connectivity index (χ1n) is 8.33. The molecular formula is C20H20FNO3. The van der Waals surface area contributed by atoms with Crippen molar-refractivity contribution in [2.75, 3.05) is 6.54 Å². The molecule has 2 aromatic carbocycles. The van der Waals surface area contributed by atoms with Gasteiger partial charge in [-0.3, -0.25) is 4.79 Å². The first-order valence-corrected chi connectivity index (χ1v) is 8.33. The van der Waals surface area contributed by atoms with E-state index in [0.29, 0.717) is 18.5 Å². The van der Waals surface area contributed by atoms with Gasteiger partial charge in [0, 0.05) is 13.0 Å². The van der Waals surface area contributed by atoms with E-state index in [2.05, 4.69) is 0 Å². The molecule has 25 heavy (non-hydrogen) atoms. The van der Waals surface area contributed by atoms with Crippen molar-refractivity contribution in [1.82, 2.24) is 4.90 Å². The monoisotopic (exact) mass is 341 g/mol. The van der Waals surface area contributed by atoms with Gasteiger partial charge in [0.15, 0.2) is 6.04 Å². The Hall–Kier alpha value is -2.69. The third-order valence-electron chi connectivity index (χ3n) is 4.76. The quantitative estimate of drug-likeness (QED) is 0.925. The zero-order valence-electron chi connectivity index (χ0n) is 14.0. The van der Waals surface area contributed by atoms with Crippen molar-refractivity contribution in [3.8, 4) is 0 Å². The van der Waals surface area contributed by atoms with Gasteiger partial charge in [0.1, 0.15) is 5.82 Å². The summed E-state index contributed by atoms with van der Waals surface area (Å²) in [5.41, 5.74) is 2.52. The number of halogens is 1. The predicted molar refractivity (Wildman–Crippen MR) is 91.7 cm³/mol. The Morgan fingerprint density at radius 2 is 1.88 bits per heavy atom. The number of hydrogen-bond acceptors (Lipinski definition) is 2. The number of carbonyl (C=O) groups excluding carboxylic acids is 1. The van der Waals surface area contributed by atoms with E-state index in [1.807, 2.05) is 19.1 Å². The van der Waals surface area contributed by atoms with Gasteiger partial charge in [-0.25, -0.2) is 9.18 Å². The summed E-state index contributed by atoms with van der Waals surface area (Å²) in [4.78, 5) is 26.0. The van der Waals surface area contributed by atoms with E-state index in [0.717, 1.165) is 11.1 Å². The number of nitrogens with zero attached hydrogens (tertiary/aromatic N) is 1. The van der Waals surface area contributed by atoms with Crippen LogP contribution in [0.1, 0.15) is 42.0 Å². The normalized spacial score (nSPS) is 17.7. The van der Waals surface area contributed by atoms with Crippen LogP contribution in [0.15, 0.2) is 48.5 Å². The molecule has 1 aliphatic heterocycles. The fourth-order valence-electron chi connectivity index (χ4n) is 3.39. The van der Waals surface area contributed by atoms with E-state index in [1.165, 1.54) is 17.0 Å². The van der Waals surface area contributed by atoms with Crippen LogP contribution in [-0.2, 0) is 16.0 Å². The molecule has 5 heteroatoms. The molecular weight excluding hydrogens is 321 g/mol. The first-order chi connectivity index (χ1) is 12.0. The summed E-state index contributed by atoms with van der Waals surface area (Å²) < 4.78 is 13.0. The number of benzene rings is 2. The highest BCUT2D eigenvalue weighted by Crippen LogP contribution is 2.32. The third kappa shape index (κ3) is 3.55. The summed E-state index contributed by atoms with van der Waals surface area (Å²) in [5, 5.41) is 9.65. The minimum absolute atomic E-state index is 0.111. The van der Waals surface area contributed by atoms with Gasteiger partial charge in [0.2, 0.25) is 5.91 Å². The minimum atomic E-state index is -1.02. The lowest BCUT2D eigenvalue weighted by Gasteiger charge is -2.35. The fourth-order valence-corrected chi connectivity index (χ4v) is 3.39. The van der Waals surface area contributed by atoms with E-state index >= 15 is 0 Å². The van der Waals surface area contributed by atoms with Crippen LogP contribution in [0.2, 0.25) is 0 Å². The molecule has 0 radical (unpaired) electrons. The Morgan fingerprint density at radius 3 is 2.56 bits per heavy atom. The molecule has 130 valence electrons. The second kappa shape index (κ2) is 7.05. The van der Waals surface area contributed by atoms with Crippen LogP contribution in [0.5, 0.6) is 0 Å². The summed E-state index contributed by atoms with van der Waals surface area (Å²) in [6.07, 6.45) is 0.841. The lowest BCUT2D eigenvalue weighted by molar-refractivity contribution is -0.151. The van der Waals surface area contributed by atoms with E-state index < -0.39 is 12.0 Å². The van der Waals surface area contributed by atoms with E-state index in [4.69, 9.17) is 0 Å². The number of amides is 1. The van der Waals surface area contributed by atoms with Crippen LogP contribution in [0.25, 0.3) is 0 Å². The first kappa shape index (κ1) is 17.1. The second-order valence-corrected chi connectivity index (χ2v) is 6.43. The summed E-state index contributed by atoms with van der Waals surface area (Å²) in [6.45, 7) is 2.28. The van der Waals surface area contributed by atoms with Gasteiger partial charge >= 0.3 is 5.97 Å². The molecule has 0 spiro atoms. The summed E-state index contributed by atoms with van der Waals surface area (Å²) in [7, 11) is 0. The average Bonchev–Trinajstić information content (AvgIpc) is 2.60. The predicted octanol–water partition coefficient (Wildman–Crippen LogP) is 3.53. The molecule has 3 rings (SSSR count). The van der Waals surface area contributed by atoms with Crippen LogP contribution >= 0.6 is 0 Å². The molecule has 0 bridgehead atoms. The molecule has 0 fully saturated rings. The Morgan fingerprint density at radius 1 is 1.20 bits per heavy atom. The summed E-state index contributed by atoms with van der Waals surface area (Å²) in [6, 6.07) is 12.5. The van der Waals surface area contributed by atoms with Gasteiger partial charge in [-0.15, -0.1) is 0 Å². The number of carboxylic acids is 1. The molecule has 1 N–H and O–H groups in total. The zero-order valence-corrected chi connectivity index (χ0v) is 14.0. The maximum absolute atomic E-state index is 13.0. The maximum atomic E-state index is 13.0. The van der Waals surface area contributed by atoms with Crippen LogP contribution in [-0.4, -0.2) is 28.4 Å². The topological polar surface area (TPSA) is 57.6 Å². The third-order valence-corrected chi connectivity index (χ3v) is 4.76. The SMILES string of the molecule is CC(CC(=O)N1CCc2ccccc2C1C(=O)O)c1ccc(F)cc1. The van der Waals surface area contributed by atoms with Gasteiger partial charge in [-0.2, -0.15) is 0 Å². The summed E-state index contributed by atoms with van der Waals surface area (Å²) in [5.74, 6) is -1.64. The number of rotatable bonds is 4.